The Balaban J connectivity index is 2.60. The summed E-state index contributed by atoms with van der Waals surface area (Å²) in [7, 11) is 0. The van der Waals surface area contributed by atoms with Crippen molar-refractivity contribution < 1.29 is 4.92 Å². The summed E-state index contributed by atoms with van der Waals surface area (Å²) in [4.78, 5) is 9.97. The Morgan fingerprint density at radius 2 is 1.93 bits per heavy atom. The van der Waals surface area contributed by atoms with Gasteiger partial charge in [-0.2, -0.15) is 0 Å². The highest BCUT2D eigenvalue weighted by atomic mass is 16.6. The van der Waals surface area contributed by atoms with E-state index < -0.39 is 4.92 Å². The van der Waals surface area contributed by atoms with Crippen molar-refractivity contribution >= 4 is 11.4 Å². The van der Waals surface area contributed by atoms with Crippen LogP contribution in [-0.4, -0.2) is 11.5 Å². The molecule has 4 heteroatoms. The summed E-state index contributed by atoms with van der Waals surface area (Å²) >= 11 is 0. The molecule has 1 rings (SSSR count). The van der Waals surface area contributed by atoms with Gasteiger partial charge in [-0.1, -0.05) is 13.8 Å². The SMILES string of the molecule is CC(C)CNc1ccc([N+](=O)[O-])cc1. The van der Waals surface area contributed by atoms with Gasteiger partial charge in [0.25, 0.3) is 5.69 Å². The van der Waals surface area contributed by atoms with E-state index in [0.717, 1.165) is 12.2 Å². The molecule has 14 heavy (non-hydrogen) atoms. The van der Waals surface area contributed by atoms with Gasteiger partial charge in [0.1, 0.15) is 0 Å². The number of hydrogen-bond acceptors (Lipinski definition) is 3. The van der Waals surface area contributed by atoms with E-state index in [1.165, 1.54) is 12.1 Å². The Bertz CT molecular complexity index is 306. The summed E-state index contributed by atoms with van der Waals surface area (Å²) in [5.41, 5.74) is 1.05. The minimum Gasteiger partial charge on any atom is -0.385 e. The molecule has 1 aromatic carbocycles. The number of nitrogens with one attached hydrogen (secondary N) is 1. The average Bonchev–Trinajstić information content (AvgIpc) is 2.15. The number of benzene rings is 1. The van der Waals surface area contributed by atoms with E-state index in [1.54, 1.807) is 12.1 Å². The van der Waals surface area contributed by atoms with Crippen LogP contribution < -0.4 is 5.32 Å². The highest BCUT2D eigenvalue weighted by Gasteiger charge is 2.03. The molecule has 0 fully saturated rings. The Morgan fingerprint density at radius 3 is 2.36 bits per heavy atom. The Morgan fingerprint density at radius 1 is 1.36 bits per heavy atom. The van der Waals surface area contributed by atoms with Crippen molar-refractivity contribution in [3.8, 4) is 0 Å². The van der Waals surface area contributed by atoms with Crippen LogP contribution in [0.2, 0.25) is 0 Å². The third-order valence-electron chi connectivity index (χ3n) is 1.79. The molecule has 0 aliphatic carbocycles. The molecule has 0 aliphatic heterocycles. The average molecular weight is 194 g/mol. The lowest BCUT2D eigenvalue weighted by Crippen LogP contribution is -2.07. The van der Waals surface area contributed by atoms with Crippen LogP contribution in [0.5, 0.6) is 0 Å². The van der Waals surface area contributed by atoms with Crippen LogP contribution in [0.3, 0.4) is 0 Å². The Hall–Kier alpha value is -1.58. The van der Waals surface area contributed by atoms with Gasteiger partial charge in [-0.05, 0) is 18.1 Å². The van der Waals surface area contributed by atoms with Crippen molar-refractivity contribution in [2.75, 3.05) is 11.9 Å². The number of nitro benzene ring substituents is 1. The number of rotatable bonds is 4. The van der Waals surface area contributed by atoms with Gasteiger partial charge in [0.05, 0.1) is 4.92 Å². The van der Waals surface area contributed by atoms with E-state index in [1.807, 2.05) is 0 Å². The maximum absolute atomic E-state index is 10.4. The third-order valence-corrected chi connectivity index (χ3v) is 1.79. The summed E-state index contributed by atoms with van der Waals surface area (Å²) < 4.78 is 0. The predicted molar refractivity (Wildman–Crippen MR) is 56.4 cm³/mol. The molecular weight excluding hydrogens is 180 g/mol. The number of nitro groups is 1. The van der Waals surface area contributed by atoms with E-state index in [0.29, 0.717) is 5.92 Å². The topological polar surface area (TPSA) is 55.2 Å². The number of hydrogen-bond donors (Lipinski definition) is 1. The molecule has 0 saturated carbocycles. The highest BCUT2D eigenvalue weighted by molar-refractivity contribution is 5.48. The van der Waals surface area contributed by atoms with Crippen LogP contribution in [0, 0.1) is 16.0 Å². The van der Waals surface area contributed by atoms with Crippen LogP contribution >= 0.6 is 0 Å². The van der Waals surface area contributed by atoms with E-state index in [9.17, 15) is 10.1 Å². The second kappa shape index (κ2) is 4.60. The zero-order chi connectivity index (χ0) is 10.6. The lowest BCUT2D eigenvalue weighted by atomic mass is 10.2. The normalized spacial score (nSPS) is 10.2. The van der Waals surface area contributed by atoms with Crippen molar-refractivity contribution in [2.45, 2.75) is 13.8 Å². The molecule has 4 nitrogen and oxygen atoms in total. The van der Waals surface area contributed by atoms with Crippen LogP contribution in [0.15, 0.2) is 24.3 Å². The van der Waals surface area contributed by atoms with Gasteiger partial charge in [0.2, 0.25) is 0 Å². The second-order valence-corrected chi connectivity index (χ2v) is 3.58. The van der Waals surface area contributed by atoms with Gasteiger partial charge in [-0.3, -0.25) is 10.1 Å². The number of nitrogens with zero attached hydrogens (tertiary/aromatic N) is 1. The van der Waals surface area contributed by atoms with Crippen LogP contribution in [-0.2, 0) is 0 Å². The first kappa shape index (κ1) is 10.5. The first-order chi connectivity index (χ1) is 6.59. The molecule has 0 atom stereocenters. The van der Waals surface area contributed by atoms with Gasteiger partial charge in [-0.15, -0.1) is 0 Å². The Kier molecular flexibility index (Phi) is 3.45. The Labute approximate surface area is 83.1 Å². The minimum atomic E-state index is -0.397. The fraction of sp³-hybridized carbons (Fsp3) is 0.400. The lowest BCUT2D eigenvalue weighted by Gasteiger charge is -2.07. The van der Waals surface area contributed by atoms with E-state index in [2.05, 4.69) is 19.2 Å². The molecule has 76 valence electrons. The summed E-state index contributed by atoms with van der Waals surface area (Å²) in [5, 5.41) is 13.6. The molecule has 1 aromatic rings. The molecule has 0 aromatic heterocycles. The molecule has 1 N–H and O–H groups in total. The largest absolute Gasteiger partial charge is 0.385 e. The summed E-state index contributed by atoms with van der Waals surface area (Å²) in [6.45, 7) is 5.09. The standard InChI is InChI=1S/C10H14N2O2/c1-8(2)7-11-9-3-5-10(6-4-9)12(13)14/h3-6,8,11H,7H2,1-2H3. The molecule has 0 unspecified atom stereocenters. The molecule has 0 amide bonds. The first-order valence-electron chi connectivity index (χ1n) is 4.58. The fourth-order valence-corrected chi connectivity index (χ4v) is 1.02. The summed E-state index contributed by atoms with van der Waals surface area (Å²) in [5.74, 6) is 0.560. The smallest absolute Gasteiger partial charge is 0.269 e. The maximum atomic E-state index is 10.4. The molecule has 0 heterocycles. The van der Waals surface area contributed by atoms with Gasteiger partial charge in [0.15, 0.2) is 0 Å². The monoisotopic (exact) mass is 194 g/mol. The zero-order valence-corrected chi connectivity index (χ0v) is 8.36. The summed E-state index contributed by atoms with van der Waals surface area (Å²) in [6, 6.07) is 6.45. The van der Waals surface area contributed by atoms with Gasteiger partial charge >= 0.3 is 0 Å². The quantitative estimate of drug-likeness (QED) is 0.592. The molecule has 0 aliphatic rings. The van der Waals surface area contributed by atoms with Crippen molar-refractivity contribution in [2.24, 2.45) is 5.92 Å². The van der Waals surface area contributed by atoms with Crippen molar-refractivity contribution in [3.05, 3.63) is 34.4 Å². The molecule has 0 saturated heterocycles. The lowest BCUT2D eigenvalue weighted by molar-refractivity contribution is -0.384. The van der Waals surface area contributed by atoms with Crippen LogP contribution in [0.25, 0.3) is 0 Å². The van der Waals surface area contributed by atoms with Crippen LogP contribution in [0.1, 0.15) is 13.8 Å². The minimum absolute atomic E-state index is 0.125. The van der Waals surface area contributed by atoms with E-state index in [4.69, 9.17) is 0 Å². The highest BCUT2D eigenvalue weighted by Crippen LogP contribution is 2.15. The molecular formula is C10H14N2O2. The number of anilines is 1. The third kappa shape index (κ3) is 3.05. The van der Waals surface area contributed by atoms with Gasteiger partial charge in [0, 0.05) is 24.4 Å². The van der Waals surface area contributed by atoms with Crippen molar-refractivity contribution in [3.63, 3.8) is 0 Å². The molecule has 0 radical (unpaired) electrons. The van der Waals surface area contributed by atoms with E-state index >= 15 is 0 Å². The predicted octanol–water partition coefficient (Wildman–Crippen LogP) is 2.66. The molecule has 0 bridgehead atoms. The van der Waals surface area contributed by atoms with Gasteiger partial charge < -0.3 is 5.32 Å². The molecule has 0 spiro atoms. The first-order valence-corrected chi connectivity index (χ1v) is 4.58. The van der Waals surface area contributed by atoms with Crippen molar-refractivity contribution in [1.82, 2.24) is 0 Å². The maximum Gasteiger partial charge on any atom is 0.269 e. The fourth-order valence-electron chi connectivity index (χ4n) is 1.02. The summed E-state index contributed by atoms with van der Waals surface area (Å²) in [6.07, 6.45) is 0. The second-order valence-electron chi connectivity index (χ2n) is 3.58. The van der Waals surface area contributed by atoms with Crippen molar-refractivity contribution in [1.29, 1.82) is 0 Å². The van der Waals surface area contributed by atoms with Crippen LogP contribution in [0.4, 0.5) is 11.4 Å². The van der Waals surface area contributed by atoms with E-state index in [-0.39, 0.29) is 5.69 Å². The van der Waals surface area contributed by atoms with Gasteiger partial charge in [-0.25, -0.2) is 0 Å². The number of non-ortho nitro benzene ring substituents is 1. The zero-order valence-electron chi connectivity index (χ0n) is 8.36.